The van der Waals surface area contributed by atoms with Gasteiger partial charge >= 0.3 is 0 Å². The fourth-order valence-corrected chi connectivity index (χ4v) is 3.16. The zero-order valence-corrected chi connectivity index (χ0v) is 15.3. The Morgan fingerprint density at radius 1 is 1.08 bits per heavy atom. The maximum absolute atomic E-state index is 13.2. The van der Waals surface area contributed by atoms with Crippen LogP contribution >= 0.6 is 0 Å². The molecule has 0 spiro atoms. The average Bonchev–Trinajstić information content (AvgIpc) is 2.64. The fraction of sp³-hybridized carbons (Fsp3) is 0.381. The molecule has 1 unspecified atom stereocenters. The van der Waals surface area contributed by atoms with Crippen molar-refractivity contribution in [2.24, 2.45) is 0 Å². The SMILES string of the molecule is CCN(C(=O)C(C)c1ccc2c(c1)OCCO2)c1cc(C)ccc1C. The third-order valence-corrected chi connectivity index (χ3v) is 4.67. The number of amides is 1. The molecular formula is C21H25NO3. The number of nitrogens with zero attached hydrogens (tertiary/aromatic N) is 1. The van der Waals surface area contributed by atoms with E-state index >= 15 is 0 Å². The maximum Gasteiger partial charge on any atom is 0.234 e. The summed E-state index contributed by atoms with van der Waals surface area (Å²) in [6.45, 7) is 9.79. The molecule has 1 atom stereocenters. The van der Waals surface area contributed by atoms with Gasteiger partial charge in [-0.3, -0.25) is 4.79 Å². The molecule has 1 heterocycles. The fourth-order valence-electron chi connectivity index (χ4n) is 3.16. The zero-order valence-electron chi connectivity index (χ0n) is 15.3. The Morgan fingerprint density at radius 2 is 1.80 bits per heavy atom. The third-order valence-electron chi connectivity index (χ3n) is 4.67. The van der Waals surface area contributed by atoms with E-state index in [1.807, 2.05) is 50.8 Å². The van der Waals surface area contributed by atoms with Crippen molar-refractivity contribution in [1.29, 1.82) is 0 Å². The van der Waals surface area contributed by atoms with Crippen molar-refractivity contribution in [3.63, 3.8) is 0 Å². The Bertz CT molecular complexity index is 785. The van der Waals surface area contributed by atoms with Crippen LogP contribution in [0.25, 0.3) is 0 Å². The molecule has 25 heavy (non-hydrogen) atoms. The number of ether oxygens (including phenoxy) is 2. The van der Waals surface area contributed by atoms with E-state index in [4.69, 9.17) is 9.47 Å². The van der Waals surface area contributed by atoms with E-state index in [1.54, 1.807) is 0 Å². The number of carbonyl (C=O) groups is 1. The highest BCUT2D eigenvalue weighted by molar-refractivity contribution is 5.98. The first-order chi connectivity index (χ1) is 12.0. The number of likely N-dealkylation sites (N-methyl/N-ethyl adjacent to an activating group) is 1. The minimum Gasteiger partial charge on any atom is -0.486 e. The number of hydrogen-bond acceptors (Lipinski definition) is 3. The van der Waals surface area contributed by atoms with E-state index < -0.39 is 0 Å². The molecule has 0 saturated carbocycles. The average molecular weight is 339 g/mol. The summed E-state index contributed by atoms with van der Waals surface area (Å²) in [4.78, 5) is 15.0. The van der Waals surface area contributed by atoms with Gasteiger partial charge in [-0.05, 0) is 62.6 Å². The molecule has 0 aromatic heterocycles. The van der Waals surface area contributed by atoms with E-state index in [9.17, 15) is 4.79 Å². The zero-order chi connectivity index (χ0) is 18.0. The molecule has 0 N–H and O–H groups in total. The lowest BCUT2D eigenvalue weighted by molar-refractivity contribution is -0.119. The number of carbonyl (C=O) groups excluding carboxylic acids is 1. The van der Waals surface area contributed by atoms with Crippen LogP contribution in [0.1, 0.15) is 36.5 Å². The maximum atomic E-state index is 13.2. The first kappa shape index (κ1) is 17.3. The minimum absolute atomic E-state index is 0.0906. The summed E-state index contributed by atoms with van der Waals surface area (Å²) in [5.74, 6) is 1.30. The van der Waals surface area contributed by atoms with Crippen LogP contribution in [-0.2, 0) is 4.79 Å². The predicted octanol–water partition coefficient (Wildman–Crippen LogP) is 4.23. The Balaban J connectivity index is 1.89. The van der Waals surface area contributed by atoms with E-state index in [1.165, 1.54) is 0 Å². The van der Waals surface area contributed by atoms with Gasteiger partial charge in [-0.15, -0.1) is 0 Å². The molecule has 0 saturated heterocycles. The Labute approximate surface area is 149 Å². The highest BCUT2D eigenvalue weighted by atomic mass is 16.6. The van der Waals surface area contributed by atoms with Crippen LogP contribution in [0.15, 0.2) is 36.4 Å². The highest BCUT2D eigenvalue weighted by Crippen LogP contribution is 2.34. The molecule has 1 aliphatic heterocycles. The second-order valence-corrected chi connectivity index (χ2v) is 6.50. The molecule has 1 amide bonds. The van der Waals surface area contributed by atoms with Crippen LogP contribution in [0.3, 0.4) is 0 Å². The molecular weight excluding hydrogens is 314 g/mol. The van der Waals surface area contributed by atoms with Crippen LogP contribution < -0.4 is 14.4 Å². The first-order valence-corrected chi connectivity index (χ1v) is 8.79. The molecule has 3 rings (SSSR count). The molecule has 1 aliphatic rings. The molecule has 132 valence electrons. The normalized spacial score (nSPS) is 14.1. The second kappa shape index (κ2) is 7.18. The summed E-state index contributed by atoms with van der Waals surface area (Å²) in [5, 5.41) is 0. The summed E-state index contributed by atoms with van der Waals surface area (Å²) in [6, 6.07) is 12.0. The number of hydrogen-bond donors (Lipinski definition) is 0. The second-order valence-electron chi connectivity index (χ2n) is 6.50. The van der Waals surface area contributed by atoms with Crippen molar-refractivity contribution in [1.82, 2.24) is 0 Å². The summed E-state index contributed by atoms with van der Waals surface area (Å²) in [5.41, 5.74) is 4.18. The number of benzene rings is 2. The molecule has 0 fully saturated rings. The third kappa shape index (κ3) is 3.48. The van der Waals surface area contributed by atoms with E-state index in [0.29, 0.717) is 19.8 Å². The van der Waals surface area contributed by atoms with Gasteiger partial charge in [0, 0.05) is 12.2 Å². The number of rotatable bonds is 4. The Morgan fingerprint density at radius 3 is 2.52 bits per heavy atom. The van der Waals surface area contributed by atoms with Crippen LogP contribution in [0, 0.1) is 13.8 Å². The van der Waals surface area contributed by atoms with Crippen LogP contribution in [0.4, 0.5) is 5.69 Å². The van der Waals surface area contributed by atoms with Gasteiger partial charge in [0.05, 0.1) is 5.92 Å². The monoisotopic (exact) mass is 339 g/mol. The standard InChI is InChI=1S/C21H25NO3/c1-5-22(18-12-14(2)6-7-15(18)3)21(23)16(4)17-8-9-19-20(13-17)25-11-10-24-19/h6-9,12-13,16H,5,10-11H2,1-4H3. The molecule has 0 radical (unpaired) electrons. The molecule has 0 bridgehead atoms. The van der Waals surface area contributed by atoms with Gasteiger partial charge in [0.2, 0.25) is 5.91 Å². The number of anilines is 1. The van der Waals surface area contributed by atoms with Gasteiger partial charge < -0.3 is 14.4 Å². The van der Waals surface area contributed by atoms with Gasteiger partial charge in [-0.1, -0.05) is 18.2 Å². The Kier molecular flexibility index (Phi) is 4.98. The van der Waals surface area contributed by atoms with E-state index in [2.05, 4.69) is 18.2 Å². The van der Waals surface area contributed by atoms with E-state index in [-0.39, 0.29) is 11.8 Å². The van der Waals surface area contributed by atoms with Gasteiger partial charge in [0.25, 0.3) is 0 Å². The largest absolute Gasteiger partial charge is 0.486 e. The van der Waals surface area contributed by atoms with Crippen LogP contribution in [0.5, 0.6) is 11.5 Å². The Hall–Kier alpha value is -2.49. The molecule has 0 aliphatic carbocycles. The van der Waals surface area contributed by atoms with Crippen molar-refractivity contribution < 1.29 is 14.3 Å². The summed E-state index contributed by atoms with van der Waals surface area (Å²) in [6.07, 6.45) is 0. The number of aryl methyl sites for hydroxylation is 2. The van der Waals surface area contributed by atoms with Crippen molar-refractivity contribution in [3.8, 4) is 11.5 Å². The quantitative estimate of drug-likeness (QED) is 0.837. The van der Waals surface area contributed by atoms with Crippen molar-refractivity contribution in [3.05, 3.63) is 53.1 Å². The molecule has 4 nitrogen and oxygen atoms in total. The van der Waals surface area contributed by atoms with Crippen molar-refractivity contribution in [2.75, 3.05) is 24.7 Å². The highest BCUT2D eigenvalue weighted by Gasteiger charge is 2.25. The topological polar surface area (TPSA) is 38.8 Å². The minimum atomic E-state index is -0.254. The van der Waals surface area contributed by atoms with Gasteiger partial charge in [0.1, 0.15) is 13.2 Å². The van der Waals surface area contributed by atoms with Gasteiger partial charge in [0.15, 0.2) is 11.5 Å². The smallest absolute Gasteiger partial charge is 0.234 e. The molecule has 4 heteroatoms. The van der Waals surface area contributed by atoms with Gasteiger partial charge in [-0.2, -0.15) is 0 Å². The predicted molar refractivity (Wildman–Crippen MR) is 99.8 cm³/mol. The van der Waals surface area contributed by atoms with Crippen molar-refractivity contribution >= 4 is 11.6 Å². The van der Waals surface area contributed by atoms with Gasteiger partial charge in [-0.25, -0.2) is 0 Å². The summed E-state index contributed by atoms with van der Waals surface area (Å²) >= 11 is 0. The lowest BCUT2D eigenvalue weighted by Gasteiger charge is -2.27. The summed E-state index contributed by atoms with van der Waals surface area (Å²) < 4.78 is 11.2. The van der Waals surface area contributed by atoms with Crippen molar-refractivity contribution in [2.45, 2.75) is 33.6 Å². The molecule has 2 aromatic carbocycles. The lowest BCUT2D eigenvalue weighted by Crippen LogP contribution is -2.34. The van der Waals surface area contributed by atoms with E-state index in [0.717, 1.165) is 33.9 Å². The number of fused-ring (bicyclic) bond motifs is 1. The van der Waals surface area contributed by atoms with Crippen LogP contribution in [-0.4, -0.2) is 25.7 Å². The molecule has 2 aromatic rings. The lowest BCUT2D eigenvalue weighted by atomic mass is 9.98. The first-order valence-electron chi connectivity index (χ1n) is 8.79. The summed E-state index contributed by atoms with van der Waals surface area (Å²) in [7, 11) is 0. The van der Waals surface area contributed by atoms with Crippen LogP contribution in [0.2, 0.25) is 0 Å².